The van der Waals surface area contributed by atoms with E-state index in [0.29, 0.717) is 17.2 Å². The van der Waals surface area contributed by atoms with Crippen molar-refractivity contribution in [3.63, 3.8) is 0 Å². The molecule has 2 atom stereocenters. The topological polar surface area (TPSA) is 47.9 Å². The van der Waals surface area contributed by atoms with Gasteiger partial charge in [-0.25, -0.2) is 0 Å². The highest BCUT2D eigenvalue weighted by atomic mass is 16.5. The number of hydrogen-bond acceptors (Lipinski definition) is 4. The van der Waals surface area contributed by atoms with Gasteiger partial charge in [0.25, 0.3) is 0 Å². The van der Waals surface area contributed by atoms with Crippen LogP contribution in [-0.2, 0) is 0 Å². The van der Waals surface area contributed by atoms with Crippen LogP contribution in [-0.4, -0.2) is 31.5 Å². The molecule has 0 aromatic heterocycles. The van der Waals surface area contributed by atoms with Crippen LogP contribution >= 0.6 is 0 Å². The van der Waals surface area contributed by atoms with E-state index in [9.17, 15) is 5.11 Å². The average molecular weight is 238 g/mol. The van der Waals surface area contributed by atoms with E-state index in [1.54, 1.807) is 26.4 Å². The fourth-order valence-electron chi connectivity index (χ4n) is 2.11. The van der Waals surface area contributed by atoms with Crippen LogP contribution in [0.2, 0.25) is 0 Å². The van der Waals surface area contributed by atoms with Gasteiger partial charge in [0.05, 0.1) is 20.3 Å². The monoisotopic (exact) mass is 238 g/mol. The molecule has 4 nitrogen and oxygen atoms in total. The first-order chi connectivity index (χ1) is 8.24. The van der Waals surface area contributed by atoms with Crippen LogP contribution in [0.3, 0.4) is 0 Å². The summed E-state index contributed by atoms with van der Waals surface area (Å²) in [6.45, 7) is 0. The Morgan fingerprint density at radius 1 is 1.12 bits per heavy atom. The third-order valence-electron chi connectivity index (χ3n) is 3.06. The molecule has 1 aliphatic carbocycles. The van der Waals surface area contributed by atoms with Crippen molar-refractivity contribution in [1.29, 1.82) is 0 Å². The second kappa shape index (κ2) is 5.27. The van der Waals surface area contributed by atoms with Crippen LogP contribution in [0, 0.1) is 0 Å². The molecule has 1 N–H and O–H groups in total. The maximum Gasteiger partial charge on any atom is 0.164 e. The van der Waals surface area contributed by atoms with Crippen molar-refractivity contribution in [3.8, 4) is 17.2 Å². The van der Waals surface area contributed by atoms with Gasteiger partial charge in [0, 0.05) is 6.07 Å². The average Bonchev–Trinajstić information content (AvgIpc) is 2.75. The van der Waals surface area contributed by atoms with E-state index in [0.717, 1.165) is 19.3 Å². The summed E-state index contributed by atoms with van der Waals surface area (Å²) in [7, 11) is 3.19. The van der Waals surface area contributed by atoms with Gasteiger partial charge in [-0.15, -0.1) is 0 Å². The molecule has 2 unspecified atom stereocenters. The molecular weight excluding hydrogens is 220 g/mol. The highest BCUT2D eigenvalue weighted by Crippen LogP contribution is 2.33. The van der Waals surface area contributed by atoms with E-state index in [4.69, 9.17) is 14.2 Å². The molecule has 0 saturated heterocycles. The van der Waals surface area contributed by atoms with E-state index >= 15 is 0 Å². The molecule has 0 spiro atoms. The van der Waals surface area contributed by atoms with Crippen LogP contribution < -0.4 is 14.2 Å². The number of ether oxygens (including phenoxy) is 3. The summed E-state index contributed by atoms with van der Waals surface area (Å²) in [6, 6.07) is 5.41. The first-order valence-electron chi connectivity index (χ1n) is 5.81. The SMILES string of the molecule is COc1ccc(OC2CCCC2O)cc1OC. The summed E-state index contributed by atoms with van der Waals surface area (Å²) in [6.07, 6.45) is 2.27. The lowest BCUT2D eigenvalue weighted by molar-refractivity contribution is 0.0602. The third kappa shape index (κ3) is 2.64. The number of rotatable bonds is 4. The highest BCUT2D eigenvalue weighted by Gasteiger charge is 2.27. The molecule has 4 heteroatoms. The third-order valence-corrected chi connectivity index (χ3v) is 3.06. The Balaban J connectivity index is 2.10. The Labute approximate surface area is 101 Å². The van der Waals surface area contributed by atoms with E-state index in [-0.39, 0.29) is 12.2 Å². The molecule has 0 radical (unpaired) electrons. The zero-order valence-electron chi connectivity index (χ0n) is 10.2. The van der Waals surface area contributed by atoms with Crippen molar-refractivity contribution in [1.82, 2.24) is 0 Å². The van der Waals surface area contributed by atoms with Crippen LogP contribution in [0.4, 0.5) is 0 Å². The lowest BCUT2D eigenvalue weighted by atomic mass is 10.2. The van der Waals surface area contributed by atoms with Gasteiger partial charge in [0.15, 0.2) is 11.5 Å². The minimum atomic E-state index is -0.358. The Kier molecular flexibility index (Phi) is 3.74. The standard InChI is InChI=1S/C13H18O4/c1-15-12-7-6-9(8-13(12)16-2)17-11-5-3-4-10(11)14/h6-8,10-11,14H,3-5H2,1-2H3. The van der Waals surface area contributed by atoms with Crippen molar-refractivity contribution >= 4 is 0 Å². The summed E-state index contributed by atoms with van der Waals surface area (Å²) in [5.41, 5.74) is 0. The number of aliphatic hydroxyl groups excluding tert-OH is 1. The van der Waals surface area contributed by atoms with Crippen molar-refractivity contribution in [2.24, 2.45) is 0 Å². The second-order valence-corrected chi connectivity index (χ2v) is 4.17. The lowest BCUT2D eigenvalue weighted by Gasteiger charge is -2.18. The quantitative estimate of drug-likeness (QED) is 0.871. The van der Waals surface area contributed by atoms with Crippen LogP contribution in [0.15, 0.2) is 18.2 Å². The predicted molar refractivity (Wildman–Crippen MR) is 63.8 cm³/mol. The van der Waals surface area contributed by atoms with Gasteiger partial charge in [-0.05, 0) is 31.4 Å². The number of benzene rings is 1. The maximum atomic E-state index is 9.70. The Bertz CT molecular complexity index is 378. The fraction of sp³-hybridized carbons (Fsp3) is 0.538. The Morgan fingerprint density at radius 3 is 2.47 bits per heavy atom. The fourth-order valence-corrected chi connectivity index (χ4v) is 2.11. The van der Waals surface area contributed by atoms with Crippen LogP contribution in [0.1, 0.15) is 19.3 Å². The number of hydrogen-bond donors (Lipinski definition) is 1. The Hall–Kier alpha value is -1.42. The number of aliphatic hydroxyl groups is 1. The van der Waals surface area contributed by atoms with E-state index in [2.05, 4.69) is 0 Å². The Morgan fingerprint density at radius 2 is 1.88 bits per heavy atom. The zero-order valence-corrected chi connectivity index (χ0v) is 10.2. The molecule has 0 amide bonds. The van der Waals surface area contributed by atoms with E-state index < -0.39 is 0 Å². The normalized spacial score (nSPS) is 23.5. The molecule has 1 aliphatic rings. The largest absolute Gasteiger partial charge is 0.493 e. The van der Waals surface area contributed by atoms with Crippen molar-refractivity contribution in [2.45, 2.75) is 31.5 Å². The second-order valence-electron chi connectivity index (χ2n) is 4.17. The summed E-state index contributed by atoms with van der Waals surface area (Å²) in [4.78, 5) is 0. The van der Waals surface area contributed by atoms with E-state index in [1.807, 2.05) is 6.07 Å². The smallest absolute Gasteiger partial charge is 0.164 e. The molecule has 0 heterocycles. The summed E-state index contributed by atoms with van der Waals surface area (Å²) >= 11 is 0. The predicted octanol–water partition coefficient (Wildman–Crippen LogP) is 2.00. The first-order valence-corrected chi connectivity index (χ1v) is 5.81. The molecule has 1 aromatic carbocycles. The van der Waals surface area contributed by atoms with Gasteiger partial charge in [-0.3, -0.25) is 0 Å². The van der Waals surface area contributed by atoms with Gasteiger partial charge in [0.1, 0.15) is 11.9 Å². The van der Waals surface area contributed by atoms with Gasteiger partial charge >= 0.3 is 0 Å². The molecule has 1 fully saturated rings. The van der Waals surface area contributed by atoms with Gasteiger partial charge in [-0.2, -0.15) is 0 Å². The maximum absolute atomic E-state index is 9.70. The van der Waals surface area contributed by atoms with Gasteiger partial charge in [0.2, 0.25) is 0 Å². The minimum Gasteiger partial charge on any atom is -0.493 e. The molecular formula is C13H18O4. The molecule has 0 bridgehead atoms. The zero-order chi connectivity index (χ0) is 12.3. The molecule has 1 saturated carbocycles. The molecule has 94 valence electrons. The summed E-state index contributed by atoms with van der Waals surface area (Å²) < 4.78 is 16.1. The minimum absolute atomic E-state index is 0.104. The van der Waals surface area contributed by atoms with Gasteiger partial charge < -0.3 is 19.3 Å². The summed E-state index contributed by atoms with van der Waals surface area (Å²) in [5, 5.41) is 9.70. The lowest BCUT2D eigenvalue weighted by Crippen LogP contribution is -2.25. The molecule has 1 aromatic rings. The first kappa shape index (κ1) is 12.0. The molecule has 17 heavy (non-hydrogen) atoms. The van der Waals surface area contributed by atoms with Crippen molar-refractivity contribution in [2.75, 3.05) is 14.2 Å². The van der Waals surface area contributed by atoms with E-state index in [1.165, 1.54) is 0 Å². The van der Waals surface area contributed by atoms with Crippen molar-refractivity contribution in [3.05, 3.63) is 18.2 Å². The highest BCUT2D eigenvalue weighted by molar-refractivity contribution is 5.45. The van der Waals surface area contributed by atoms with Crippen LogP contribution in [0.5, 0.6) is 17.2 Å². The number of methoxy groups -OCH3 is 2. The molecule has 2 rings (SSSR count). The van der Waals surface area contributed by atoms with Crippen molar-refractivity contribution < 1.29 is 19.3 Å². The van der Waals surface area contributed by atoms with Gasteiger partial charge in [-0.1, -0.05) is 0 Å². The van der Waals surface area contributed by atoms with Crippen LogP contribution in [0.25, 0.3) is 0 Å². The molecule has 0 aliphatic heterocycles. The summed E-state index contributed by atoms with van der Waals surface area (Å²) in [5.74, 6) is 2.01.